The van der Waals surface area contributed by atoms with Crippen LogP contribution in [0.3, 0.4) is 0 Å². The summed E-state index contributed by atoms with van der Waals surface area (Å²) >= 11 is 3.04. The molecule has 0 unspecified atom stereocenters. The summed E-state index contributed by atoms with van der Waals surface area (Å²) in [6.07, 6.45) is 1.17. The number of thioether (sulfide) groups is 1. The Kier molecular flexibility index (Phi) is 5.57. The maximum atomic E-state index is 11.6. The first-order valence-corrected chi connectivity index (χ1v) is 12.1. The summed E-state index contributed by atoms with van der Waals surface area (Å²) < 4.78 is 31.0. The lowest BCUT2D eigenvalue weighted by Crippen LogP contribution is -2.36. The summed E-state index contributed by atoms with van der Waals surface area (Å²) in [5.74, 6) is 1.15. The van der Waals surface area contributed by atoms with Crippen LogP contribution >= 0.6 is 23.1 Å². The molecule has 4 rings (SSSR count). The Morgan fingerprint density at radius 1 is 1.14 bits per heavy atom. The highest BCUT2D eigenvalue weighted by molar-refractivity contribution is 8.00. The number of ether oxygens (including phenoxy) is 1. The van der Waals surface area contributed by atoms with Crippen LogP contribution < -0.4 is 4.90 Å². The second kappa shape index (κ2) is 8.11. The summed E-state index contributed by atoms with van der Waals surface area (Å²) in [7, 11) is -3.24. The molecule has 3 heterocycles. The van der Waals surface area contributed by atoms with Gasteiger partial charge in [-0.2, -0.15) is 4.68 Å². The van der Waals surface area contributed by atoms with E-state index in [0.29, 0.717) is 30.5 Å². The van der Waals surface area contributed by atoms with Gasteiger partial charge in [0.15, 0.2) is 20.0 Å². The quantitative estimate of drug-likeness (QED) is 0.516. The normalized spacial score (nSPS) is 15.1. The molecule has 1 aliphatic rings. The number of anilines is 1. The molecule has 0 bridgehead atoms. The van der Waals surface area contributed by atoms with Crippen molar-refractivity contribution in [2.45, 2.75) is 15.0 Å². The van der Waals surface area contributed by atoms with Gasteiger partial charge in [0.25, 0.3) is 0 Å². The number of tetrazole rings is 1. The molecule has 0 amide bonds. The van der Waals surface area contributed by atoms with E-state index in [4.69, 9.17) is 4.74 Å². The largest absolute Gasteiger partial charge is 0.378 e. The topological polar surface area (TPSA) is 116 Å². The van der Waals surface area contributed by atoms with Crippen molar-refractivity contribution in [3.05, 3.63) is 30.1 Å². The molecule has 1 aliphatic heterocycles. The van der Waals surface area contributed by atoms with Crippen molar-refractivity contribution in [3.63, 3.8) is 0 Å². The molecular formula is C15H17N7O3S3. The molecule has 28 heavy (non-hydrogen) atoms. The second-order valence-corrected chi connectivity index (χ2v) is 10.2. The summed E-state index contributed by atoms with van der Waals surface area (Å²) in [4.78, 5) is 2.42. The molecule has 1 aromatic carbocycles. The highest BCUT2D eigenvalue weighted by Crippen LogP contribution is 2.30. The molecule has 0 radical (unpaired) electrons. The van der Waals surface area contributed by atoms with Crippen LogP contribution in [0.1, 0.15) is 5.82 Å². The fourth-order valence-electron chi connectivity index (χ4n) is 2.60. The van der Waals surface area contributed by atoms with Gasteiger partial charge in [-0.15, -0.1) is 15.3 Å². The van der Waals surface area contributed by atoms with E-state index in [2.05, 4.69) is 30.6 Å². The van der Waals surface area contributed by atoms with Crippen molar-refractivity contribution >= 4 is 38.1 Å². The van der Waals surface area contributed by atoms with Crippen molar-refractivity contribution < 1.29 is 13.2 Å². The van der Waals surface area contributed by atoms with E-state index in [-0.39, 0.29) is 4.90 Å². The van der Waals surface area contributed by atoms with Crippen molar-refractivity contribution in [1.82, 2.24) is 30.4 Å². The van der Waals surface area contributed by atoms with Crippen molar-refractivity contribution in [2.24, 2.45) is 0 Å². The molecule has 10 nitrogen and oxygen atoms in total. The van der Waals surface area contributed by atoms with Crippen LogP contribution in [-0.2, 0) is 20.3 Å². The average molecular weight is 440 g/mol. The predicted molar refractivity (Wildman–Crippen MR) is 105 cm³/mol. The minimum Gasteiger partial charge on any atom is -0.378 e. The van der Waals surface area contributed by atoms with Gasteiger partial charge < -0.3 is 9.64 Å². The predicted octanol–water partition coefficient (Wildman–Crippen LogP) is 1.05. The van der Waals surface area contributed by atoms with E-state index < -0.39 is 9.84 Å². The lowest BCUT2D eigenvalue weighted by Gasteiger charge is -2.25. The minimum atomic E-state index is -3.24. The number of rotatable bonds is 6. The van der Waals surface area contributed by atoms with Crippen LogP contribution in [0.25, 0.3) is 5.69 Å². The zero-order valence-electron chi connectivity index (χ0n) is 14.9. The van der Waals surface area contributed by atoms with Gasteiger partial charge in [0.1, 0.15) is 0 Å². The molecule has 2 aromatic heterocycles. The molecule has 13 heteroatoms. The number of morpholine rings is 1. The third-order valence-electron chi connectivity index (χ3n) is 4.05. The lowest BCUT2D eigenvalue weighted by atomic mass is 10.3. The summed E-state index contributed by atoms with van der Waals surface area (Å²) in [5, 5.41) is 21.2. The third-order valence-corrected chi connectivity index (χ3v) is 7.29. The third kappa shape index (κ3) is 4.32. The Bertz CT molecular complexity index is 1040. The molecule has 1 fully saturated rings. The van der Waals surface area contributed by atoms with Gasteiger partial charge in [-0.3, -0.25) is 0 Å². The zero-order valence-corrected chi connectivity index (χ0v) is 17.4. The first-order valence-electron chi connectivity index (χ1n) is 8.37. The molecular weight excluding hydrogens is 422 g/mol. The van der Waals surface area contributed by atoms with Crippen LogP contribution in [-0.4, -0.2) is 71.4 Å². The van der Waals surface area contributed by atoms with E-state index in [1.54, 1.807) is 28.9 Å². The number of sulfone groups is 1. The summed E-state index contributed by atoms with van der Waals surface area (Å²) in [6.45, 7) is 3.05. The molecule has 0 N–H and O–H groups in total. The standard InChI is InChI=1S/C15H17N7O3S3/c1-28(23,24)12-4-2-11(3-5-12)22-13(16-19-20-22)10-26-15-18-17-14(27-15)21-6-8-25-9-7-21/h2-5H,6-10H2,1H3. The van der Waals surface area contributed by atoms with Crippen LogP contribution in [0.15, 0.2) is 33.5 Å². The Hall–Kier alpha value is -2.09. The summed E-state index contributed by atoms with van der Waals surface area (Å²) in [6, 6.07) is 6.45. The monoisotopic (exact) mass is 439 g/mol. The molecule has 1 saturated heterocycles. The van der Waals surface area contributed by atoms with Gasteiger partial charge in [0.05, 0.1) is 29.5 Å². The number of aromatic nitrogens is 6. The first-order chi connectivity index (χ1) is 13.5. The minimum absolute atomic E-state index is 0.254. The molecule has 3 aromatic rings. The van der Waals surface area contributed by atoms with Gasteiger partial charge >= 0.3 is 0 Å². The number of hydrogen-bond acceptors (Lipinski definition) is 11. The van der Waals surface area contributed by atoms with E-state index in [9.17, 15) is 8.42 Å². The van der Waals surface area contributed by atoms with E-state index in [0.717, 1.165) is 22.6 Å². The van der Waals surface area contributed by atoms with E-state index in [1.165, 1.54) is 29.4 Å². The maximum Gasteiger partial charge on any atom is 0.209 e. The first kappa shape index (κ1) is 19.2. The number of nitrogens with zero attached hydrogens (tertiary/aromatic N) is 7. The smallest absolute Gasteiger partial charge is 0.209 e. The second-order valence-electron chi connectivity index (χ2n) is 6.01. The highest BCUT2D eigenvalue weighted by Gasteiger charge is 2.17. The highest BCUT2D eigenvalue weighted by atomic mass is 32.2. The fourth-order valence-corrected chi connectivity index (χ4v) is 5.03. The Morgan fingerprint density at radius 2 is 1.89 bits per heavy atom. The van der Waals surface area contributed by atoms with Crippen molar-refractivity contribution in [1.29, 1.82) is 0 Å². The van der Waals surface area contributed by atoms with Gasteiger partial charge in [0, 0.05) is 19.3 Å². The molecule has 148 valence electrons. The van der Waals surface area contributed by atoms with Crippen LogP contribution in [0.5, 0.6) is 0 Å². The van der Waals surface area contributed by atoms with Crippen LogP contribution in [0, 0.1) is 0 Å². The van der Waals surface area contributed by atoms with Gasteiger partial charge in [-0.05, 0) is 34.7 Å². The lowest BCUT2D eigenvalue weighted by molar-refractivity contribution is 0.122. The van der Waals surface area contributed by atoms with Gasteiger partial charge in [-0.25, -0.2) is 8.42 Å². The molecule has 0 atom stereocenters. The van der Waals surface area contributed by atoms with E-state index in [1.807, 2.05) is 0 Å². The Labute approximate surface area is 169 Å². The van der Waals surface area contributed by atoms with Crippen molar-refractivity contribution in [2.75, 3.05) is 37.5 Å². The molecule has 0 aliphatic carbocycles. The number of hydrogen-bond donors (Lipinski definition) is 0. The van der Waals surface area contributed by atoms with Crippen molar-refractivity contribution in [3.8, 4) is 5.69 Å². The van der Waals surface area contributed by atoms with Crippen LogP contribution in [0.4, 0.5) is 5.13 Å². The Balaban J connectivity index is 1.44. The van der Waals surface area contributed by atoms with Gasteiger partial charge in [0.2, 0.25) is 5.13 Å². The summed E-state index contributed by atoms with van der Waals surface area (Å²) in [5.41, 5.74) is 0.694. The number of benzene rings is 1. The zero-order chi connectivity index (χ0) is 19.6. The molecule has 0 spiro atoms. The SMILES string of the molecule is CS(=O)(=O)c1ccc(-n2nnnc2CSc2nnc(N3CCOCC3)s2)cc1. The molecule has 0 saturated carbocycles. The van der Waals surface area contributed by atoms with Gasteiger partial charge in [-0.1, -0.05) is 23.1 Å². The maximum absolute atomic E-state index is 11.6. The fraction of sp³-hybridized carbons (Fsp3) is 0.400. The van der Waals surface area contributed by atoms with Crippen LogP contribution in [0.2, 0.25) is 0 Å². The van der Waals surface area contributed by atoms with E-state index >= 15 is 0 Å². The Morgan fingerprint density at radius 3 is 2.61 bits per heavy atom. The average Bonchev–Trinajstić information content (AvgIpc) is 3.36.